The zero-order chi connectivity index (χ0) is 24.8. The maximum Gasteiger partial charge on any atom is 0.244 e. The number of sulfonamides is 1. The summed E-state index contributed by atoms with van der Waals surface area (Å²) in [6, 6.07) is 11.4. The molecule has 2 amide bonds. The van der Waals surface area contributed by atoms with Gasteiger partial charge < -0.3 is 10.2 Å². The SMILES string of the molecule is CCCNC(=O)C(C)N(Cc1cccc(Cl)c1)C(=O)CN(c1ccc(C)c(C)c1)S(C)(=O)=O. The Kier molecular flexibility index (Phi) is 9.31. The molecule has 1 unspecified atom stereocenters. The van der Waals surface area contributed by atoms with Gasteiger partial charge in [-0.3, -0.25) is 13.9 Å². The monoisotopic (exact) mass is 493 g/mol. The van der Waals surface area contributed by atoms with E-state index in [1.165, 1.54) is 4.90 Å². The average Bonchev–Trinajstić information content (AvgIpc) is 2.74. The maximum absolute atomic E-state index is 13.4. The summed E-state index contributed by atoms with van der Waals surface area (Å²) in [5.74, 6) is -0.790. The number of carbonyl (C=O) groups is 2. The topological polar surface area (TPSA) is 86.8 Å². The number of hydrogen-bond donors (Lipinski definition) is 1. The minimum atomic E-state index is -3.75. The van der Waals surface area contributed by atoms with E-state index in [0.717, 1.165) is 33.7 Å². The van der Waals surface area contributed by atoms with Crippen LogP contribution >= 0.6 is 11.6 Å². The highest BCUT2D eigenvalue weighted by molar-refractivity contribution is 7.92. The molecule has 0 saturated heterocycles. The van der Waals surface area contributed by atoms with E-state index in [4.69, 9.17) is 11.6 Å². The summed E-state index contributed by atoms with van der Waals surface area (Å²) in [5.41, 5.74) is 3.07. The fraction of sp³-hybridized carbons (Fsp3) is 0.417. The molecular weight excluding hydrogens is 462 g/mol. The summed E-state index contributed by atoms with van der Waals surface area (Å²) in [4.78, 5) is 27.5. The summed E-state index contributed by atoms with van der Waals surface area (Å²) in [6.45, 7) is 7.56. The van der Waals surface area contributed by atoms with Gasteiger partial charge in [-0.25, -0.2) is 8.42 Å². The summed E-state index contributed by atoms with van der Waals surface area (Å²) in [6.07, 6.45) is 1.82. The number of nitrogens with one attached hydrogen (secondary N) is 1. The van der Waals surface area contributed by atoms with Crippen molar-refractivity contribution in [3.63, 3.8) is 0 Å². The number of carbonyl (C=O) groups excluding carboxylic acids is 2. The highest BCUT2D eigenvalue weighted by Gasteiger charge is 2.30. The molecule has 180 valence electrons. The quantitative estimate of drug-likeness (QED) is 0.547. The van der Waals surface area contributed by atoms with E-state index < -0.39 is 28.5 Å². The minimum absolute atomic E-state index is 0.116. The van der Waals surface area contributed by atoms with Gasteiger partial charge in [0.1, 0.15) is 12.6 Å². The fourth-order valence-corrected chi connectivity index (χ4v) is 4.36. The van der Waals surface area contributed by atoms with E-state index >= 15 is 0 Å². The van der Waals surface area contributed by atoms with Crippen LogP contribution < -0.4 is 9.62 Å². The molecule has 0 aliphatic heterocycles. The van der Waals surface area contributed by atoms with Gasteiger partial charge >= 0.3 is 0 Å². The first-order valence-electron chi connectivity index (χ1n) is 10.8. The Balaban J connectivity index is 2.39. The zero-order valence-electron chi connectivity index (χ0n) is 19.8. The molecule has 2 aromatic rings. The van der Waals surface area contributed by atoms with Crippen molar-refractivity contribution in [3.05, 3.63) is 64.2 Å². The van der Waals surface area contributed by atoms with Gasteiger partial charge in [-0.1, -0.05) is 36.7 Å². The molecule has 2 aromatic carbocycles. The number of benzene rings is 2. The largest absolute Gasteiger partial charge is 0.354 e. The zero-order valence-corrected chi connectivity index (χ0v) is 21.3. The normalized spacial score (nSPS) is 12.2. The van der Waals surface area contributed by atoms with Crippen molar-refractivity contribution >= 4 is 39.1 Å². The number of nitrogens with zero attached hydrogens (tertiary/aromatic N) is 2. The van der Waals surface area contributed by atoms with Crippen LogP contribution in [-0.4, -0.2) is 50.5 Å². The Labute approximate surface area is 201 Å². The highest BCUT2D eigenvalue weighted by atomic mass is 35.5. The Morgan fingerprint density at radius 3 is 2.36 bits per heavy atom. The lowest BCUT2D eigenvalue weighted by atomic mass is 10.1. The third-order valence-electron chi connectivity index (χ3n) is 5.42. The molecule has 7 nitrogen and oxygen atoms in total. The number of halogens is 1. The predicted molar refractivity (Wildman–Crippen MR) is 133 cm³/mol. The third-order valence-corrected chi connectivity index (χ3v) is 6.79. The molecule has 0 heterocycles. The van der Waals surface area contributed by atoms with E-state index in [0.29, 0.717) is 17.3 Å². The van der Waals surface area contributed by atoms with Crippen LogP contribution in [0.3, 0.4) is 0 Å². The van der Waals surface area contributed by atoms with Crippen molar-refractivity contribution in [3.8, 4) is 0 Å². The Bertz CT molecular complexity index is 1100. The van der Waals surface area contributed by atoms with Crippen LogP contribution in [0.25, 0.3) is 0 Å². The van der Waals surface area contributed by atoms with Crippen LogP contribution in [0.2, 0.25) is 5.02 Å². The van der Waals surface area contributed by atoms with Crippen molar-refractivity contribution in [2.45, 2.75) is 46.7 Å². The van der Waals surface area contributed by atoms with Crippen molar-refractivity contribution in [2.24, 2.45) is 0 Å². The molecule has 0 bridgehead atoms. The van der Waals surface area contributed by atoms with Crippen molar-refractivity contribution < 1.29 is 18.0 Å². The van der Waals surface area contributed by atoms with Crippen LogP contribution in [0.4, 0.5) is 5.69 Å². The predicted octanol–water partition coefficient (Wildman–Crippen LogP) is 3.67. The number of rotatable bonds is 10. The number of aryl methyl sites for hydroxylation is 2. The number of amides is 2. The van der Waals surface area contributed by atoms with Crippen LogP contribution in [0.1, 0.15) is 37.0 Å². The number of hydrogen-bond acceptors (Lipinski definition) is 4. The molecule has 9 heteroatoms. The van der Waals surface area contributed by atoms with Gasteiger partial charge in [0.15, 0.2) is 0 Å². The molecular formula is C24H32ClN3O4S. The van der Waals surface area contributed by atoms with E-state index in [1.54, 1.807) is 43.3 Å². The van der Waals surface area contributed by atoms with Gasteiger partial charge in [0.2, 0.25) is 21.8 Å². The lowest BCUT2D eigenvalue weighted by molar-refractivity contribution is -0.139. The summed E-state index contributed by atoms with van der Waals surface area (Å²) in [5, 5.41) is 3.31. The van der Waals surface area contributed by atoms with Gasteiger partial charge in [-0.2, -0.15) is 0 Å². The van der Waals surface area contributed by atoms with Crippen molar-refractivity contribution in [1.29, 1.82) is 0 Å². The second-order valence-corrected chi connectivity index (χ2v) is 10.5. The molecule has 1 N–H and O–H groups in total. The van der Waals surface area contributed by atoms with E-state index in [9.17, 15) is 18.0 Å². The molecule has 0 spiro atoms. The molecule has 0 aliphatic rings. The second kappa shape index (κ2) is 11.5. The molecule has 33 heavy (non-hydrogen) atoms. The Hall–Kier alpha value is -2.58. The fourth-order valence-electron chi connectivity index (χ4n) is 3.30. The Morgan fingerprint density at radius 1 is 1.09 bits per heavy atom. The maximum atomic E-state index is 13.4. The first-order chi connectivity index (χ1) is 15.4. The molecule has 0 aromatic heterocycles. The lowest BCUT2D eigenvalue weighted by Gasteiger charge is -2.31. The number of anilines is 1. The standard InChI is InChI=1S/C24H32ClN3O4S/c1-6-12-26-24(30)19(4)27(15-20-8-7-9-21(25)14-20)23(29)16-28(33(5,31)32)22-11-10-17(2)18(3)13-22/h7-11,13-14,19H,6,12,15-16H2,1-5H3,(H,26,30). The third kappa shape index (κ3) is 7.47. The van der Waals surface area contributed by atoms with Gasteiger partial charge in [0.05, 0.1) is 11.9 Å². The van der Waals surface area contributed by atoms with Crippen LogP contribution in [0.15, 0.2) is 42.5 Å². The molecule has 0 saturated carbocycles. The molecule has 0 fully saturated rings. The Morgan fingerprint density at radius 2 is 1.79 bits per heavy atom. The van der Waals surface area contributed by atoms with Crippen molar-refractivity contribution in [2.75, 3.05) is 23.7 Å². The summed E-state index contributed by atoms with van der Waals surface area (Å²) in [7, 11) is -3.75. The molecule has 2 rings (SSSR count). The van der Waals surface area contributed by atoms with E-state index in [-0.39, 0.29) is 12.5 Å². The summed E-state index contributed by atoms with van der Waals surface area (Å²) < 4.78 is 26.3. The first-order valence-corrected chi connectivity index (χ1v) is 13.0. The molecule has 0 radical (unpaired) electrons. The lowest BCUT2D eigenvalue weighted by Crippen LogP contribution is -2.51. The van der Waals surface area contributed by atoms with Gasteiger partial charge in [0.25, 0.3) is 0 Å². The highest BCUT2D eigenvalue weighted by Crippen LogP contribution is 2.22. The van der Waals surface area contributed by atoms with E-state index in [1.807, 2.05) is 26.8 Å². The average molecular weight is 494 g/mol. The second-order valence-electron chi connectivity index (χ2n) is 8.16. The van der Waals surface area contributed by atoms with Gasteiger partial charge in [0, 0.05) is 18.1 Å². The summed E-state index contributed by atoms with van der Waals surface area (Å²) >= 11 is 6.10. The van der Waals surface area contributed by atoms with E-state index in [2.05, 4.69) is 5.32 Å². The minimum Gasteiger partial charge on any atom is -0.354 e. The molecule has 0 aliphatic carbocycles. The van der Waals surface area contributed by atoms with Crippen molar-refractivity contribution in [1.82, 2.24) is 10.2 Å². The van der Waals surface area contributed by atoms with Crippen LogP contribution in [0.5, 0.6) is 0 Å². The van der Waals surface area contributed by atoms with Crippen LogP contribution in [0, 0.1) is 13.8 Å². The molecule has 1 atom stereocenters. The first kappa shape index (κ1) is 26.7. The smallest absolute Gasteiger partial charge is 0.244 e. The van der Waals surface area contributed by atoms with Crippen LogP contribution in [-0.2, 0) is 26.2 Å². The van der Waals surface area contributed by atoms with Gasteiger partial charge in [-0.05, 0) is 68.1 Å². The van der Waals surface area contributed by atoms with Gasteiger partial charge in [-0.15, -0.1) is 0 Å².